The van der Waals surface area contributed by atoms with Gasteiger partial charge in [0.1, 0.15) is 11.6 Å². The van der Waals surface area contributed by atoms with Crippen LogP contribution in [0.25, 0.3) is 157 Å². The molecule has 0 fully saturated rings. The van der Waals surface area contributed by atoms with Gasteiger partial charge in [-0.05, 0) is 127 Å². The monoisotopic (exact) mass is 1120 g/mol. The quantitative estimate of drug-likeness (QED) is 0.122. The summed E-state index contributed by atoms with van der Waals surface area (Å²) in [6.45, 7) is 0. The summed E-state index contributed by atoms with van der Waals surface area (Å²) in [6.07, 6.45) is 0. The van der Waals surface area contributed by atoms with Gasteiger partial charge in [-0.15, -0.1) is 0 Å². The predicted molar refractivity (Wildman–Crippen MR) is 363 cm³/mol. The zero-order valence-corrected chi connectivity index (χ0v) is 47.9. The molecule has 0 saturated heterocycles. The average molecular weight is 1120 g/mol. The molecule has 0 saturated carbocycles. The summed E-state index contributed by atoms with van der Waals surface area (Å²) in [5.41, 5.74) is 26.9. The zero-order chi connectivity index (χ0) is 58.3. The van der Waals surface area contributed by atoms with Gasteiger partial charge >= 0.3 is 0 Å². The van der Waals surface area contributed by atoms with Crippen LogP contribution >= 0.6 is 0 Å². The molecular weight excluding hydrogens is 1070 g/mol. The number of aromatic nitrogens is 6. The highest BCUT2D eigenvalue weighted by Crippen LogP contribution is 2.41. The van der Waals surface area contributed by atoms with E-state index in [2.05, 4.69) is 312 Å². The van der Waals surface area contributed by atoms with Crippen molar-refractivity contribution in [1.82, 2.24) is 29.1 Å². The van der Waals surface area contributed by atoms with Crippen LogP contribution in [-0.4, -0.2) is 29.1 Å². The van der Waals surface area contributed by atoms with Crippen LogP contribution < -0.4 is 0 Å². The highest BCUT2D eigenvalue weighted by molar-refractivity contribution is 5.97. The van der Waals surface area contributed by atoms with Crippen molar-refractivity contribution in [3.8, 4) is 123 Å². The molecule has 0 amide bonds. The fourth-order valence-electron chi connectivity index (χ4n) is 12.3. The lowest BCUT2D eigenvalue weighted by atomic mass is 9.91. The number of rotatable bonds is 12. The first kappa shape index (κ1) is 51.8. The van der Waals surface area contributed by atoms with Crippen LogP contribution in [0.4, 0.5) is 0 Å². The Labute approximate surface area is 510 Å². The Kier molecular flexibility index (Phi) is 13.1. The minimum absolute atomic E-state index is 0.804. The molecule has 16 rings (SSSR count). The van der Waals surface area contributed by atoms with E-state index < -0.39 is 0 Å². The Hall–Kier alpha value is -11.9. The van der Waals surface area contributed by atoms with Crippen molar-refractivity contribution in [3.63, 3.8) is 0 Å². The summed E-state index contributed by atoms with van der Waals surface area (Å²) in [6, 6.07) is 116. The first-order valence-corrected chi connectivity index (χ1v) is 29.8. The highest BCUT2D eigenvalue weighted by Gasteiger charge is 2.20. The number of imidazole rings is 2. The van der Waals surface area contributed by atoms with E-state index in [1.54, 1.807) is 0 Å². The zero-order valence-electron chi connectivity index (χ0n) is 47.9. The van der Waals surface area contributed by atoms with E-state index >= 15 is 0 Å². The Morgan fingerprint density at radius 3 is 0.761 bits per heavy atom. The van der Waals surface area contributed by atoms with E-state index in [1.807, 2.05) is 24.3 Å². The van der Waals surface area contributed by atoms with Gasteiger partial charge in [0.05, 0.1) is 44.5 Å². The Balaban J connectivity index is 0.792. The van der Waals surface area contributed by atoms with Crippen LogP contribution in [0.5, 0.6) is 0 Å². The fraction of sp³-hybridized carbons (Fsp3) is 0. The lowest BCUT2D eigenvalue weighted by molar-refractivity contribution is 1.10. The molecule has 88 heavy (non-hydrogen) atoms. The average Bonchev–Trinajstić information content (AvgIpc) is 3.96. The molecule has 3 aromatic heterocycles. The van der Waals surface area contributed by atoms with E-state index in [9.17, 15) is 0 Å². The summed E-state index contributed by atoms with van der Waals surface area (Å²) in [5.74, 6) is 1.81. The normalized spacial score (nSPS) is 11.4. The lowest BCUT2D eigenvalue weighted by Gasteiger charge is -2.16. The maximum absolute atomic E-state index is 5.64. The molecule has 0 radical (unpaired) electrons. The maximum Gasteiger partial charge on any atom is 0.145 e. The number of para-hydroxylation sites is 6. The minimum atomic E-state index is 0.804. The van der Waals surface area contributed by atoms with Crippen LogP contribution in [0, 0.1) is 0 Å². The van der Waals surface area contributed by atoms with Gasteiger partial charge in [0, 0.05) is 33.6 Å². The third kappa shape index (κ3) is 9.71. The second-order valence-corrected chi connectivity index (χ2v) is 22.2. The molecule has 0 aliphatic rings. The second kappa shape index (κ2) is 22.3. The molecule has 0 atom stereocenters. The molecule has 0 aliphatic carbocycles. The smallest absolute Gasteiger partial charge is 0.145 e. The summed E-state index contributed by atoms with van der Waals surface area (Å²) < 4.78 is 4.49. The van der Waals surface area contributed by atoms with E-state index in [1.165, 1.54) is 11.1 Å². The summed E-state index contributed by atoms with van der Waals surface area (Å²) >= 11 is 0. The van der Waals surface area contributed by atoms with Gasteiger partial charge < -0.3 is 0 Å². The predicted octanol–water partition coefficient (Wildman–Crippen LogP) is 21.0. The molecule has 0 spiro atoms. The molecular formula is C82H54N6. The first-order chi connectivity index (χ1) is 43.6. The van der Waals surface area contributed by atoms with Crippen LogP contribution in [0.1, 0.15) is 0 Å². The van der Waals surface area contributed by atoms with Crippen molar-refractivity contribution >= 4 is 33.1 Å². The summed E-state index contributed by atoms with van der Waals surface area (Å²) in [4.78, 5) is 21.6. The Bertz CT molecular complexity index is 4830. The molecule has 13 aromatic carbocycles. The standard InChI is InChI=1S/C82H54N6/c1-5-17-55(18-6-1)57-29-41-63(42-30-57)71-53-75-76(54-72(71)64-43-31-58(32-44-64)56-19-7-2-8-20-56)84-80(66-47-35-60(36-48-66)62-39-51-68(52-40-62)82-86-74-26-14-16-28-78(74)88(82)70-23-11-4-12-24-70)79(83-75)65-45-33-59(34-46-65)61-37-49-67(50-38-61)81-85-73-25-13-15-27-77(73)87(81)69-21-9-3-10-22-69/h1-54H. The Morgan fingerprint density at radius 1 is 0.182 bits per heavy atom. The number of hydrogen-bond acceptors (Lipinski definition) is 4. The third-order valence-electron chi connectivity index (χ3n) is 16.8. The van der Waals surface area contributed by atoms with Gasteiger partial charge in [0.15, 0.2) is 0 Å². The van der Waals surface area contributed by atoms with Gasteiger partial charge in [-0.2, -0.15) is 0 Å². The van der Waals surface area contributed by atoms with Crippen LogP contribution in [0.2, 0.25) is 0 Å². The number of hydrogen-bond donors (Lipinski definition) is 0. The number of nitrogens with zero attached hydrogens (tertiary/aromatic N) is 6. The van der Waals surface area contributed by atoms with E-state index in [0.717, 1.165) is 145 Å². The number of fused-ring (bicyclic) bond motifs is 3. The van der Waals surface area contributed by atoms with Gasteiger partial charge in [-0.1, -0.05) is 267 Å². The van der Waals surface area contributed by atoms with Crippen molar-refractivity contribution in [2.75, 3.05) is 0 Å². The minimum Gasteiger partial charge on any atom is -0.292 e. The summed E-state index contributed by atoms with van der Waals surface area (Å²) in [7, 11) is 0. The molecule has 0 bridgehead atoms. The molecule has 0 unspecified atom stereocenters. The van der Waals surface area contributed by atoms with Gasteiger partial charge in [-0.25, -0.2) is 19.9 Å². The van der Waals surface area contributed by atoms with Crippen molar-refractivity contribution < 1.29 is 0 Å². The van der Waals surface area contributed by atoms with Gasteiger partial charge in [-0.3, -0.25) is 9.13 Å². The SMILES string of the molecule is c1ccc(-c2ccc(-c3cc4nc(-c5ccc(-c6ccc(-c7nc8ccccc8n7-c7ccccc7)cc6)cc5)c(-c5ccc(-c6ccc(-c7nc8ccccc8n7-c7ccccc7)cc6)cc5)nc4cc3-c3ccc(-c4ccccc4)cc3)cc2)cc1. The maximum atomic E-state index is 5.64. The second-order valence-electron chi connectivity index (χ2n) is 22.2. The lowest BCUT2D eigenvalue weighted by Crippen LogP contribution is -1.98. The first-order valence-electron chi connectivity index (χ1n) is 29.8. The van der Waals surface area contributed by atoms with Crippen molar-refractivity contribution in [2.24, 2.45) is 0 Å². The van der Waals surface area contributed by atoms with Crippen LogP contribution in [0.15, 0.2) is 328 Å². The van der Waals surface area contributed by atoms with Gasteiger partial charge in [0.25, 0.3) is 0 Å². The topological polar surface area (TPSA) is 61.4 Å². The van der Waals surface area contributed by atoms with E-state index in [-0.39, 0.29) is 0 Å². The highest BCUT2D eigenvalue weighted by atomic mass is 15.1. The molecule has 6 heteroatoms. The van der Waals surface area contributed by atoms with E-state index in [0.29, 0.717) is 0 Å². The molecule has 412 valence electrons. The molecule has 6 nitrogen and oxygen atoms in total. The summed E-state index contributed by atoms with van der Waals surface area (Å²) in [5, 5.41) is 0. The van der Waals surface area contributed by atoms with Crippen LogP contribution in [0.3, 0.4) is 0 Å². The molecule has 16 aromatic rings. The fourth-order valence-corrected chi connectivity index (χ4v) is 12.3. The number of benzene rings is 13. The largest absolute Gasteiger partial charge is 0.292 e. The van der Waals surface area contributed by atoms with Crippen molar-refractivity contribution in [1.29, 1.82) is 0 Å². The molecule has 0 aliphatic heterocycles. The Morgan fingerprint density at radius 2 is 0.432 bits per heavy atom. The van der Waals surface area contributed by atoms with Crippen molar-refractivity contribution in [2.45, 2.75) is 0 Å². The van der Waals surface area contributed by atoms with Gasteiger partial charge in [0.2, 0.25) is 0 Å². The third-order valence-corrected chi connectivity index (χ3v) is 16.8. The van der Waals surface area contributed by atoms with Crippen LogP contribution in [-0.2, 0) is 0 Å². The molecule has 0 N–H and O–H groups in total. The van der Waals surface area contributed by atoms with Crippen molar-refractivity contribution in [3.05, 3.63) is 328 Å². The van der Waals surface area contributed by atoms with E-state index in [4.69, 9.17) is 19.9 Å². The molecule has 3 heterocycles.